The van der Waals surface area contributed by atoms with Crippen molar-refractivity contribution in [3.63, 3.8) is 0 Å². The topological polar surface area (TPSA) is 54.6 Å². The molecule has 0 atom stereocenters. The molecular weight excluding hydrogens is 249 g/mol. The third-order valence-electron chi connectivity index (χ3n) is 2.42. The molecule has 2 aromatic heterocycles. The van der Waals surface area contributed by atoms with Crippen molar-refractivity contribution in [1.82, 2.24) is 9.38 Å². The van der Waals surface area contributed by atoms with E-state index in [1.165, 1.54) is 16.7 Å². The van der Waals surface area contributed by atoms with Crippen LogP contribution in [0.1, 0.15) is 17.7 Å². The van der Waals surface area contributed by atoms with Gasteiger partial charge in [0.1, 0.15) is 5.65 Å². The molecule has 96 valence electrons. The Bertz CT molecular complexity index is 589. The zero-order chi connectivity index (χ0) is 13.3. The fourth-order valence-electron chi connectivity index (χ4n) is 1.57. The molecule has 2 rings (SSSR count). The molecule has 0 bridgehead atoms. The number of rotatable bonds is 3. The number of imidazole rings is 1. The van der Waals surface area contributed by atoms with Crippen LogP contribution in [0, 0.1) is 0 Å². The van der Waals surface area contributed by atoms with Gasteiger partial charge in [0, 0.05) is 18.8 Å². The summed E-state index contributed by atoms with van der Waals surface area (Å²) < 4.78 is 38.6. The second-order valence-corrected chi connectivity index (χ2v) is 3.81. The Morgan fingerprint density at radius 3 is 2.67 bits per heavy atom. The summed E-state index contributed by atoms with van der Waals surface area (Å²) in [5.41, 5.74) is 0.0531. The molecule has 18 heavy (non-hydrogen) atoms. The number of hydrogen-bond acceptors (Lipinski definition) is 2. The first-order chi connectivity index (χ1) is 8.36. The highest BCUT2D eigenvalue weighted by Gasteiger charge is 2.30. The molecule has 0 amide bonds. The average Bonchev–Trinajstić information content (AvgIpc) is 2.66. The second-order valence-electron chi connectivity index (χ2n) is 3.81. The van der Waals surface area contributed by atoms with Crippen molar-refractivity contribution in [2.45, 2.75) is 19.0 Å². The molecule has 4 nitrogen and oxygen atoms in total. The fraction of sp³-hybridized carbons (Fsp3) is 0.273. The van der Waals surface area contributed by atoms with E-state index in [-0.39, 0.29) is 12.8 Å². The summed E-state index contributed by atoms with van der Waals surface area (Å²) >= 11 is 0. The van der Waals surface area contributed by atoms with E-state index in [9.17, 15) is 18.0 Å². The molecule has 0 fully saturated rings. The lowest BCUT2D eigenvalue weighted by Crippen LogP contribution is -2.05. The molecule has 0 aliphatic heterocycles. The van der Waals surface area contributed by atoms with Crippen molar-refractivity contribution in [2.24, 2.45) is 0 Å². The van der Waals surface area contributed by atoms with Crippen LogP contribution in [0.5, 0.6) is 0 Å². The Balaban J connectivity index is 2.31. The first-order valence-electron chi connectivity index (χ1n) is 5.13. The molecule has 0 saturated heterocycles. The van der Waals surface area contributed by atoms with E-state index < -0.39 is 17.7 Å². The summed E-state index contributed by atoms with van der Waals surface area (Å²) in [6, 6.07) is 2.20. The highest BCUT2D eigenvalue weighted by molar-refractivity contribution is 5.67. The van der Waals surface area contributed by atoms with Crippen LogP contribution in [0.4, 0.5) is 13.2 Å². The Morgan fingerprint density at radius 1 is 1.33 bits per heavy atom. The van der Waals surface area contributed by atoms with Gasteiger partial charge in [0.15, 0.2) is 0 Å². The Kier molecular flexibility index (Phi) is 2.98. The maximum atomic E-state index is 12.5. The molecule has 2 heterocycles. The maximum absolute atomic E-state index is 12.5. The molecule has 0 saturated carbocycles. The number of aromatic nitrogens is 2. The lowest BCUT2D eigenvalue weighted by molar-refractivity contribution is -0.138. The molecule has 0 radical (unpaired) electrons. The van der Waals surface area contributed by atoms with Gasteiger partial charge in [0.05, 0.1) is 17.7 Å². The zero-order valence-corrected chi connectivity index (χ0v) is 9.11. The fourth-order valence-corrected chi connectivity index (χ4v) is 1.57. The van der Waals surface area contributed by atoms with E-state index >= 15 is 0 Å². The minimum atomic E-state index is -4.40. The lowest BCUT2D eigenvalue weighted by Gasteiger charge is -2.05. The van der Waals surface area contributed by atoms with Gasteiger partial charge in [-0.15, -0.1) is 0 Å². The highest BCUT2D eigenvalue weighted by Crippen LogP contribution is 2.29. The minimum Gasteiger partial charge on any atom is -0.481 e. The zero-order valence-electron chi connectivity index (χ0n) is 9.11. The summed E-state index contributed by atoms with van der Waals surface area (Å²) in [6.07, 6.45) is -1.96. The monoisotopic (exact) mass is 258 g/mol. The first-order valence-corrected chi connectivity index (χ1v) is 5.13. The van der Waals surface area contributed by atoms with Crippen molar-refractivity contribution in [2.75, 3.05) is 0 Å². The smallest absolute Gasteiger partial charge is 0.417 e. The van der Waals surface area contributed by atoms with Gasteiger partial charge >= 0.3 is 12.1 Å². The quantitative estimate of drug-likeness (QED) is 0.919. The SMILES string of the molecule is O=C(O)CCc1cn2cc(C(F)(F)F)ccc2n1. The van der Waals surface area contributed by atoms with E-state index in [1.807, 2.05) is 0 Å². The molecule has 0 aliphatic carbocycles. The number of fused-ring (bicyclic) bond motifs is 1. The van der Waals surface area contributed by atoms with Crippen LogP contribution in [-0.4, -0.2) is 20.5 Å². The van der Waals surface area contributed by atoms with Crippen LogP contribution in [0.25, 0.3) is 5.65 Å². The number of hydrogen-bond donors (Lipinski definition) is 1. The standard InChI is InChI=1S/C11H9F3N2O2/c12-11(13,14)7-1-3-9-15-8(2-4-10(17)18)6-16(9)5-7/h1,3,5-6H,2,4H2,(H,17,18). The number of halogens is 3. The van der Waals surface area contributed by atoms with E-state index in [0.29, 0.717) is 11.3 Å². The third-order valence-corrected chi connectivity index (χ3v) is 2.42. The normalized spacial score (nSPS) is 11.9. The van der Waals surface area contributed by atoms with E-state index in [2.05, 4.69) is 4.98 Å². The summed E-state index contributed by atoms with van der Waals surface area (Å²) in [7, 11) is 0. The van der Waals surface area contributed by atoms with E-state index in [0.717, 1.165) is 12.3 Å². The number of carboxylic acid groups (broad SMARTS) is 1. The number of alkyl halides is 3. The van der Waals surface area contributed by atoms with Crippen LogP contribution >= 0.6 is 0 Å². The van der Waals surface area contributed by atoms with Crippen molar-refractivity contribution in [3.05, 3.63) is 35.8 Å². The molecule has 7 heteroatoms. The van der Waals surface area contributed by atoms with Crippen LogP contribution in [0.3, 0.4) is 0 Å². The Hall–Kier alpha value is -2.05. The molecule has 1 N–H and O–H groups in total. The molecule has 0 aliphatic rings. The summed E-state index contributed by atoms with van der Waals surface area (Å²) in [6.45, 7) is 0. The Labute approximate surface area is 99.7 Å². The summed E-state index contributed by atoms with van der Waals surface area (Å²) in [5.74, 6) is -0.969. The Morgan fingerprint density at radius 2 is 2.06 bits per heavy atom. The predicted molar refractivity (Wildman–Crippen MR) is 56.2 cm³/mol. The van der Waals surface area contributed by atoms with E-state index in [1.54, 1.807) is 0 Å². The van der Waals surface area contributed by atoms with Gasteiger partial charge in [0.2, 0.25) is 0 Å². The van der Waals surface area contributed by atoms with Crippen molar-refractivity contribution in [3.8, 4) is 0 Å². The number of aryl methyl sites for hydroxylation is 1. The van der Waals surface area contributed by atoms with Crippen molar-refractivity contribution in [1.29, 1.82) is 0 Å². The maximum Gasteiger partial charge on any atom is 0.417 e. The molecular formula is C11H9F3N2O2. The second kappa shape index (κ2) is 4.32. The lowest BCUT2D eigenvalue weighted by atomic mass is 10.2. The minimum absolute atomic E-state index is 0.101. The molecule has 0 spiro atoms. The van der Waals surface area contributed by atoms with Gasteiger partial charge in [-0.1, -0.05) is 0 Å². The van der Waals surface area contributed by atoms with Gasteiger partial charge in [-0.25, -0.2) is 4.98 Å². The van der Waals surface area contributed by atoms with Crippen molar-refractivity contribution < 1.29 is 23.1 Å². The molecule has 0 unspecified atom stereocenters. The van der Waals surface area contributed by atoms with Gasteiger partial charge in [-0.3, -0.25) is 4.79 Å². The third kappa shape index (κ3) is 2.61. The van der Waals surface area contributed by atoms with Crippen LogP contribution in [0.15, 0.2) is 24.5 Å². The summed E-state index contributed by atoms with van der Waals surface area (Å²) in [4.78, 5) is 14.4. The average molecular weight is 258 g/mol. The molecule has 0 aromatic carbocycles. The van der Waals surface area contributed by atoms with Crippen LogP contribution < -0.4 is 0 Å². The number of pyridine rings is 1. The van der Waals surface area contributed by atoms with Gasteiger partial charge < -0.3 is 9.51 Å². The predicted octanol–water partition coefficient (Wildman–Crippen LogP) is 2.37. The highest BCUT2D eigenvalue weighted by atomic mass is 19.4. The summed E-state index contributed by atoms with van der Waals surface area (Å²) in [5, 5.41) is 8.52. The van der Waals surface area contributed by atoms with Gasteiger partial charge in [0.25, 0.3) is 0 Å². The number of nitrogens with zero attached hydrogens (tertiary/aromatic N) is 2. The largest absolute Gasteiger partial charge is 0.481 e. The van der Waals surface area contributed by atoms with E-state index in [4.69, 9.17) is 5.11 Å². The number of carboxylic acids is 1. The molecule has 2 aromatic rings. The van der Waals surface area contributed by atoms with Crippen LogP contribution in [-0.2, 0) is 17.4 Å². The number of aliphatic carboxylic acids is 1. The first kappa shape index (κ1) is 12.4. The van der Waals surface area contributed by atoms with Gasteiger partial charge in [-0.2, -0.15) is 13.2 Å². The van der Waals surface area contributed by atoms with Crippen molar-refractivity contribution >= 4 is 11.6 Å². The van der Waals surface area contributed by atoms with Gasteiger partial charge in [-0.05, 0) is 12.1 Å². The number of carbonyl (C=O) groups is 1. The van der Waals surface area contributed by atoms with Crippen LogP contribution in [0.2, 0.25) is 0 Å².